The van der Waals surface area contributed by atoms with E-state index >= 15 is 0 Å². The standard InChI is InChI=1S/C12H14N4O/c13-5-9-2-1-3-11(4-9)16-7-10(6-14)15-12(17)8-16/h1-4,10H,6-8,14H2,(H,15,17). The molecule has 5 nitrogen and oxygen atoms in total. The molecule has 3 N–H and O–H groups in total. The third-order valence-corrected chi connectivity index (χ3v) is 2.77. The number of nitriles is 1. The van der Waals surface area contributed by atoms with Crippen molar-refractivity contribution in [1.82, 2.24) is 5.32 Å². The number of nitrogens with one attached hydrogen (secondary N) is 1. The quantitative estimate of drug-likeness (QED) is 0.738. The topological polar surface area (TPSA) is 82.2 Å². The van der Waals surface area contributed by atoms with Crippen LogP contribution in [-0.2, 0) is 4.79 Å². The number of piperazine rings is 1. The van der Waals surface area contributed by atoms with Gasteiger partial charge in [0.15, 0.2) is 0 Å². The van der Waals surface area contributed by atoms with E-state index in [4.69, 9.17) is 11.0 Å². The highest BCUT2D eigenvalue weighted by Gasteiger charge is 2.23. The molecule has 88 valence electrons. The van der Waals surface area contributed by atoms with Crippen molar-refractivity contribution in [2.24, 2.45) is 5.73 Å². The number of hydrogen-bond acceptors (Lipinski definition) is 4. The van der Waals surface area contributed by atoms with Crippen molar-refractivity contribution in [1.29, 1.82) is 5.26 Å². The van der Waals surface area contributed by atoms with Crippen LogP contribution in [0.4, 0.5) is 5.69 Å². The van der Waals surface area contributed by atoms with Crippen LogP contribution >= 0.6 is 0 Å². The molecule has 5 heteroatoms. The van der Waals surface area contributed by atoms with E-state index in [2.05, 4.69) is 11.4 Å². The minimum atomic E-state index is -0.0333. The van der Waals surface area contributed by atoms with E-state index < -0.39 is 0 Å². The Bertz CT molecular complexity index is 466. The van der Waals surface area contributed by atoms with Crippen LogP contribution < -0.4 is 16.0 Å². The molecule has 0 spiro atoms. The van der Waals surface area contributed by atoms with Gasteiger partial charge in [-0.25, -0.2) is 0 Å². The molecule has 2 rings (SSSR count). The number of hydrogen-bond donors (Lipinski definition) is 2. The molecule has 0 radical (unpaired) electrons. The molecule has 1 aromatic carbocycles. The molecule has 1 aliphatic rings. The molecule has 1 unspecified atom stereocenters. The lowest BCUT2D eigenvalue weighted by atomic mass is 10.1. The van der Waals surface area contributed by atoms with Crippen molar-refractivity contribution in [2.75, 3.05) is 24.5 Å². The van der Waals surface area contributed by atoms with Crippen LogP contribution in [0.5, 0.6) is 0 Å². The van der Waals surface area contributed by atoms with Gasteiger partial charge in [-0.1, -0.05) is 6.07 Å². The Labute approximate surface area is 99.8 Å². The predicted molar refractivity (Wildman–Crippen MR) is 64.4 cm³/mol. The summed E-state index contributed by atoms with van der Waals surface area (Å²) in [4.78, 5) is 13.4. The second-order valence-electron chi connectivity index (χ2n) is 4.04. The first-order valence-electron chi connectivity index (χ1n) is 5.47. The van der Waals surface area contributed by atoms with Crippen LogP contribution in [0, 0.1) is 11.3 Å². The summed E-state index contributed by atoms with van der Waals surface area (Å²) in [6.45, 7) is 1.41. The first-order valence-corrected chi connectivity index (χ1v) is 5.47. The van der Waals surface area contributed by atoms with Gasteiger partial charge in [0.05, 0.1) is 24.2 Å². The SMILES string of the molecule is N#Cc1cccc(N2CC(=O)NC(CN)C2)c1. The Balaban J connectivity index is 2.21. The summed E-state index contributed by atoms with van der Waals surface area (Å²) in [5.41, 5.74) is 7.05. The van der Waals surface area contributed by atoms with E-state index in [0.717, 1.165) is 5.69 Å². The highest BCUT2D eigenvalue weighted by atomic mass is 16.2. The Morgan fingerprint density at radius 1 is 1.59 bits per heavy atom. The number of rotatable bonds is 2. The predicted octanol–water partition coefficient (Wildman–Crippen LogP) is -0.178. The smallest absolute Gasteiger partial charge is 0.239 e. The molecule has 17 heavy (non-hydrogen) atoms. The fourth-order valence-electron chi connectivity index (χ4n) is 1.93. The molecule has 1 fully saturated rings. The largest absolute Gasteiger partial charge is 0.360 e. The van der Waals surface area contributed by atoms with E-state index in [-0.39, 0.29) is 11.9 Å². The molecule has 1 atom stereocenters. The van der Waals surface area contributed by atoms with Crippen molar-refractivity contribution in [2.45, 2.75) is 6.04 Å². The number of nitrogens with two attached hydrogens (primary N) is 1. The summed E-state index contributed by atoms with van der Waals surface area (Å²) in [5.74, 6) is -0.0333. The van der Waals surface area contributed by atoms with Crippen molar-refractivity contribution >= 4 is 11.6 Å². The van der Waals surface area contributed by atoms with Crippen LogP contribution in [0.1, 0.15) is 5.56 Å². The third kappa shape index (κ3) is 2.55. The molecular weight excluding hydrogens is 216 g/mol. The number of amides is 1. The zero-order valence-electron chi connectivity index (χ0n) is 9.39. The van der Waals surface area contributed by atoms with Gasteiger partial charge in [0, 0.05) is 18.8 Å². The van der Waals surface area contributed by atoms with Gasteiger partial charge < -0.3 is 16.0 Å². The average molecular weight is 230 g/mol. The monoisotopic (exact) mass is 230 g/mol. The highest BCUT2D eigenvalue weighted by molar-refractivity contribution is 5.83. The van der Waals surface area contributed by atoms with Gasteiger partial charge in [0.1, 0.15) is 0 Å². The zero-order chi connectivity index (χ0) is 12.3. The third-order valence-electron chi connectivity index (χ3n) is 2.77. The summed E-state index contributed by atoms with van der Waals surface area (Å²) >= 11 is 0. The van der Waals surface area contributed by atoms with Gasteiger partial charge in [-0.05, 0) is 18.2 Å². The van der Waals surface area contributed by atoms with Gasteiger partial charge in [-0.15, -0.1) is 0 Å². The molecule has 0 saturated carbocycles. The van der Waals surface area contributed by atoms with Crippen molar-refractivity contribution < 1.29 is 4.79 Å². The van der Waals surface area contributed by atoms with Crippen LogP contribution in [0.25, 0.3) is 0 Å². The zero-order valence-corrected chi connectivity index (χ0v) is 9.39. The van der Waals surface area contributed by atoms with Crippen molar-refractivity contribution in [3.8, 4) is 6.07 Å². The van der Waals surface area contributed by atoms with Crippen molar-refractivity contribution in [3.05, 3.63) is 29.8 Å². The maximum atomic E-state index is 11.5. The lowest BCUT2D eigenvalue weighted by molar-refractivity contribution is -0.121. The lowest BCUT2D eigenvalue weighted by Gasteiger charge is -2.34. The van der Waals surface area contributed by atoms with Crippen LogP contribution in [0.15, 0.2) is 24.3 Å². The van der Waals surface area contributed by atoms with E-state index in [1.807, 2.05) is 17.0 Å². The molecule has 0 bridgehead atoms. The number of carbonyl (C=O) groups excluding carboxylic acids is 1. The summed E-state index contributed by atoms with van der Waals surface area (Å²) < 4.78 is 0. The van der Waals surface area contributed by atoms with Gasteiger partial charge in [-0.2, -0.15) is 5.26 Å². The van der Waals surface area contributed by atoms with E-state index in [0.29, 0.717) is 25.2 Å². The van der Waals surface area contributed by atoms with Gasteiger partial charge >= 0.3 is 0 Å². The van der Waals surface area contributed by atoms with Crippen LogP contribution in [-0.4, -0.2) is 31.6 Å². The second-order valence-corrected chi connectivity index (χ2v) is 4.04. The molecule has 0 aliphatic carbocycles. The number of carbonyl (C=O) groups is 1. The Morgan fingerprint density at radius 2 is 2.41 bits per heavy atom. The summed E-state index contributed by atoms with van der Waals surface area (Å²) in [6.07, 6.45) is 0. The Morgan fingerprint density at radius 3 is 3.12 bits per heavy atom. The minimum Gasteiger partial charge on any atom is -0.360 e. The highest BCUT2D eigenvalue weighted by Crippen LogP contribution is 2.17. The molecule has 1 amide bonds. The first kappa shape index (κ1) is 11.4. The van der Waals surface area contributed by atoms with E-state index in [1.54, 1.807) is 12.1 Å². The molecule has 1 heterocycles. The van der Waals surface area contributed by atoms with E-state index in [9.17, 15) is 4.79 Å². The molecule has 1 aromatic rings. The second kappa shape index (κ2) is 4.85. The maximum Gasteiger partial charge on any atom is 0.239 e. The number of benzene rings is 1. The average Bonchev–Trinajstić information content (AvgIpc) is 2.38. The summed E-state index contributed by atoms with van der Waals surface area (Å²) in [5, 5.41) is 11.7. The first-order chi connectivity index (χ1) is 8.22. The van der Waals surface area contributed by atoms with Gasteiger partial charge in [-0.3, -0.25) is 4.79 Å². The molecule has 1 aliphatic heterocycles. The van der Waals surface area contributed by atoms with Gasteiger partial charge in [0.25, 0.3) is 0 Å². The fourth-order valence-corrected chi connectivity index (χ4v) is 1.93. The summed E-state index contributed by atoms with van der Waals surface area (Å²) in [6, 6.07) is 9.31. The molecule has 1 saturated heterocycles. The minimum absolute atomic E-state index is 0.0259. The summed E-state index contributed by atoms with van der Waals surface area (Å²) in [7, 11) is 0. The van der Waals surface area contributed by atoms with Crippen molar-refractivity contribution in [3.63, 3.8) is 0 Å². The van der Waals surface area contributed by atoms with Crippen LogP contribution in [0.2, 0.25) is 0 Å². The van der Waals surface area contributed by atoms with Gasteiger partial charge in [0.2, 0.25) is 5.91 Å². The van der Waals surface area contributed by atoms with Crippen LogP contribution in [0.3, 0.4) is 0 Å². The number of nitrogens with zero attached hydrogens (tertiary/aromatic N) is 2. The molecular formula is C12H14N4O. The maximum absolute atomic E-state index is 11.5. The number of anilines is 1. The fraction of sp³-hybridized carbons (Fsp3) is 0.333. The molecule has 0 aromatic heterocycles. The lowest BCUT2D eigenvalue weighted by Crippen LogP contribution is -2.56. The Kier molecular flexibility index (Phi) is 3.26. The normalized spacial score (nSPS) is 19.6. The Hall–Kier alpha value is -2.06. The van der Waals surface area contributed by atoms with E-state index in [1.165, 1.54) is 0 Å².